The Morgan fingerprint density at radius 1 is 0.500 bits per heavy atom. The first kappa shape index (κ1) is 17.1. The molecule has 0 aliphatic carbocycles. The van der Waals surface area contributed by atoms with Gasteiger partial charge in [-0.25, -0.2) is 0 Å². The number of nitriles is 2. The van der Waals surface area contributed by atoms with Crippen molar-refractivity contribution >= 4 is 10.8 Å². The van der Waals surface area contributed by atoms with Crippen molar-refractivity contribution in [2.75, 3.05) is 0 Å². The van der Waals surface area contributed by atoms with E-state index in [0.29, 0.717) is 34.1 Å². The molecule has 0 heterocycles. The second-order valence-corrected chi connectivity index (χ2v) is 6.08. The van der Waals surface area contributed by atoms with E-state index in [1.807, 2.05) is 36.4 Å². The number of rotatable bonds is 4. The molecule has 4 heteroatoms. The highest BCUT2D eigenvalue weighted by Gasteiger charge is 2.09. The Balaban J connectivity index is 1.67. The van der Waals surface area contributed by atoms with Crippen LogP contribution in [-0.2, 0) is 0 Å². The number of hydrogen-bond donors (Lipinski definition) is 0. The van der Waals surface area contributed by atoms with Crippen molar-refractivity contribution < 1.29 is 9.47 Å². The predicted molar refractivity (Wildman–Crippen MR) is 106 cm³/mol. The van der Waals surface area contributed by atoms with Gasteiger partial charge in [0.2, 0.25) is 0 Å². The highest BCUT2D eigenvalue weighted by molar-refractivity contribution is 5.93. The molecular formula is C24H14N2O2. The van der Waals surface area contributed by atoms with Crippen LogP contribution in [0.4, 0.5) is 0 Å². The average Bonchev–Trinajstić information content (AvgIpc) is 2.75. The lowest BCUT2D eigenvalue weighted by molar-refractivity contribution is 0.483. The van der Waals surface area contributed by atoms with Crippen LogP contribution in [0.15, 0.2) is 84.9 Å². The molecule has 0 radical (unpaired) electrons. The van der Waals surface area contributed by atoms with Crippen molar-refractivity contribution in [1.82, 2.24) is 0 Å². The summed E-state index contributed by atoms with van der Waals surface area (Å²) in [5.74, 6) is 2.72. The molecule has 4 nitrogen and oxygen atoms in total. The van der Waals surface area contributed by atoms with Gasteiger partial charge in [0.15, 0.2) is 0 Å². The molecule has 0 N–H and O–H groups in total. The summed E-state index contributed by atoms with van der Waals surface area (Å²) < 4.78 is 12.1. The smallest absolute Gasteiger partial charge is 0.135 e. The Morgan fingerprint density at radius 2 is 0.893 bits per heavy atom. The fourth-order valence-corrected chi connectivity index (χ4v) is 2.88. The zero-order valence-corrected chi connectivity index (χ0v) is 14.8. The molecule has 4 rings (SSSR count). The van der Waals surface area contributed by atoms with Crippen LogP contribution in [0.2, 0.25) is 0 Å². The Kier molecular flexibility index (Phi) is 4.61. The highest BCUT2D eigenvalue weighted by atomic mass is 16.5. The zero-order valence-electron chi connectivity index (χ0n) is 14.8. The fraction of sp³-hybridized carbons (Fsp3) is 0. The van der Waals surface area contributed by atoms with Crippen molar-refractivity contribution in [2.45, 2.75) is 0 Å². The largest absolute Gasteiger partial charge is 0.457 e. The summed E-state index contributed by atoms with van der Waals surface area (Å²) in [5.41, 5.74) is 1.17. The molecule has 0 fully saturated rings. The molecular weight excluding hydrogens is 348 g/mol. The van der Waals surface area contributed by atoms with Gasteiger partial charge in [-0.1, -0.05) is 24.3 Å². The van der Waals surface area contributed by atoms with Gasteiger partial charge in [0.25, 0.3) is 0 Å². The number of ether oxygens (including phenoxy) is 2. The number of hydrogen-bond acceptors (Lipinski definition) is 4. The van der Waals surface area contributed by atoms with Gasteiger partial charge in [0, 0.05) is 10.8 Å². The molecule has 0 aliphatic heterocycles. The third-order valence-corrected chi connectivity index (χ3v) is 4.26. The quantitative estimate of drug-likeness (QED) is 0.435. The minimum absolute atomic E-state index is 0.586. The first-order valence-electron chi connectivity index (χ1n) is 8.64. The van der Waals surface area contributed by atoms with Crippen LogP contribution in [0.1, 0.15) is 11.1 Å². The molecule has 28 heavy (non-hydrogen) atoms. The standard InChI is InChI=1S/C24H14N2O2/c25-15-17-7-11-19(12-8-17)27-23-5-1-3-21-22(23)4-2-6-24(21)28-20-13-9-18(16-26)10-14-20/h1-14H. The summed E-state index contributed by atoms with van der Waals surface area (Å²) in [6.45, 7) is 0. The zero-order chi connectivity index (χ0) is 19.3. The lowest BCUT2D eigenvalue weighted by Crippen LogP contribution is -1.89. The lowest BCUT2D eigenvalue weighted by Gasteiger charge is -2.12. The van der Waals surface area contributed by atoms with E-state index in [4.69, 9.17) is 20.0 Å². The van der Waals surface area contributed by atoms with Crippen LogP contribution in [0.5, 0.6) is 23.0 Å². The molecule has 132 valence electrons. The van der Waals surface area contributed by atoms with E-state index in [1.165, 1.54) is 0 Å². The van der Waals surface area contributed by atoms with Crippen molar-refractivity contribution in [3.8, 4) is 35.1 Å². The van der Waals surface area contributed by atoms with Gasteiger partial charge in [0.05, 0.1) is 23.3 Å². The van der Waals surface area contributed by atoms with Gasteiger partial charge in [-0.3, -0.25) is 0 Å². The molecule has 0 aromatic heterocycles. The van der Waals surface area contributed by atoms with Crippen LogP contribution >= 0.6 is 0 Å². The Hall–Kier alpha value is -4.28. The first-order valence-corrected chi connectivity index (χ1v) is 8.64. The molecule has 0 amide bonds. The molecule has 4 aromatic rings. The van der Waals surface area contributed by atoms with Crippen molar-refractivity contribution in [2.24, 2.45) is 0 Å². The summed E-state index contributed by atoms with van der Waals surface area (Å²) >= 11 is 0. The molecule has 4 aromatic carbocycles. The number of fused-ring (bicyclic) bond motifs is 1. The van der Waals surface area contributed by atoms with Crippen LogP contribution in [0, 0.1) is 22.7 Å². The number of benzene rings is 4. The monoisotopic (exact) mass is 362 g/mol. The van der Waals surface area contributed by atoms with E-state index in [-0.39, 0.29) is 0 Å². The highest BCUT2D eigenvalue weighted by Crippen LogP contribution is 2.36. The summed E-state index contributed by atoms with van der Waals surface area (Å²) in [5, 5.41) is 19.7. The Morgan fingerprint density at radius 3 is 1.25 bits per heavy atom. The maximum absolute atomic E-state index is 8.92. The van der Waals surface area contributed by atoms with Crippen LogP contribution in [0.25, 0.3) is 10.8 Å². The van der Waals surface area contributed by atoms with E-state index in [0.717, 1.165) is 10.8 Å². The second-order valence-electron chi connectivity index (χ2n) is 6.08. The third kappa shape index (κ3) is 3.49. The average molecular weight is 362 g/mol. The first-order chi connectivity index (χ1) is 13.8. The third-order valence-electron chi connectivity index (χ3n) is 4.26. The molecule has 0 bridgehead atoms. The van der Waals surface area contributed by atoms with Crippen LogP contribution in [0.3, 0.4) is 0 Å². The summed E-state index contributed by atoms with van der Waals surface area (Å²) in [7, 11) is 0. The molecule has 0 spiro atoms. The second kappa shape index (κ2) is 7.53. The summed E-state index contributed by atoms with van der Waals surface area (Å²) in [4.78, 5) is 0. The molecule has 0 aliphatic rings. The Labute approximate surface area is 162 Å². The molecule has 0 atom stereocenters. The van der Waals surface area contributed by atoms with E-state index in [1.54, 1.807) is 48.5 Å². The minimum Gasteiger partial charge on any atom is -0.457 e. The topological polar surface area (TPSA) is 66.0 Å². The van der Waals surface area contributed by atoms with Gasteiger partial charge >= 0.3 is 0 Å². The molecule has 0 saturated carbocycles. The van der Waals surface area contributed by atoms with E-state index in [9.17, 15) is 0 Å². The maximum Gasteiger partial charge on any atom is 0.135 e. The van der Waals surface area contributed by atoms with E-state index >= 15 is 0 Å². The minimum atomic E-state index is 0.586. The van der Waals surface area contributed by atoms with Crippen molar-refractivity contribution in [1.29, 1.82) is 10.5 Å². The van der Waals surface area contributed by atoms with Crippen LogP contribution < -0.4 is 9.47 Å². The Bertz CT molecular complexity index is 1120. The van der Waals surface area contributed by atoms with Gasteiger partial charge in [0.1, 0.15) is 23.0 Å². The van der Waals surface area contributed by atoms with Gasteiger partial charge in [-0.05, 0) is 60.7 Å². The summed E-state index contributed by atoms with van der Waals surface area (Å²) in [6.07, 6.45) is 0. The normalized spacial score (nSPS) is 10.1. The van der Waals surface area contributed by atoms with Crippen molar-refractivity contribution in [3.05, 3.63) is 96.1 Å². The summed E-state index contributed by atoms with van der Waals surface area (Å²) in [6, 6.07) is 29.7. The number of nitrogens with zero attached hydrogens (tertiary/aromatic N) is 2. The lowest BCUT2D eigenvalue weighted by atomic mass is 10.1. The van der Waals surface area contributed by atoms with Crippen molar-refractivity contribution in [3.63, 3.8) is 0 Å². The van der Waals surface area contributed by atoms with Gasteiger partial charge < -0.3 is 9.47 Å². The molecule has 0 saturated heterocycles. The predicted octanol–water partition coefficient (Wildman–Crippen LogP) is 6.17. The van der Waals surface area contributed by atoms with Gasteiger partial charge in [-0.2, -0.15) is 10.5 Å². The van der Waals surface area contributed by atoms with Crippen LogP contribution in [-0.4, -0.2) is 0 Å². The fourth-order valence-electron chi connectivity index (χ4n) is 2.88. The van der Waals surface area contributed by atoms with E-state index < -0.39 is 0 Å². The van der Waals surface area contributed by atoms with E-state index in [2.05, 4.69) is 12.1 Å². The van der Waals surface area contributed by atoms with Gasteiger partial charge in [-0.15, -0.1) is 0 Å². The molecule has 0 unspecified atom stereocenters. The SMILES string of the molecule is N#Cc1ccc(Oc2cccc3c(Oc4ccc(C#N)cc4)cccc23)cc1. The maximum atomic E-state index is 8.92.